The first-order chi connectivity index (χ1) is 13.7. The number of fused-ring (bicyclic) bond motifs is 1. The van der Waals surface area contributed by atoms with E-state index in [0.29, 0.717) is 30.5 Å². The molecule has 0 aromatic carbocycles. The van der Waals surface area contributed by atoms with Gasteiger partial charge >= 0.3 is 0 Å². The van der Waals surface area contributed by atoms with Gasteiger partial charge < -0.3 is 9.80 Å². The molecule has 4 unspecified atom stereocenters. The number of aliphatic imine (C=N–C) groups is 1. The molecule has 4 atom stereocenters. The molecule has 0 saturated heterocycles. The summed E-state index contributed by atoms with van der Waals surface area (Å²) in [5, 5.41) is 3.51. The van der Waals surface area contributed by atoms with E-state index in [0.717, 1.165) is 42.7 Å². The van der Waals surface area contributed by atoms with Gasteiger partial charge in [0.25, 0.3) is 0 Å². The maximum absolute atomic E-state index is 4.30. The van der Waals surface area contributed by atoms with Crippen LogP contribution in [0.15, 0.2) is 38.7 Å². The summed E-state index contributed by atoms with van der Waals surface area (Å²) >= 11 is 2.27. The van der Waals surface area contributed by atoms with E-state index in [4.69, 9.17) is 0 Å². The highest BCUT2D eigenvalue weighted by Gasteiger charge is 2.38. The third-order valence-corrected chi connectivity index (χ3v) is 6.68. The molecule has 4 nitrogen and oxygen atoms in total. The Balaban J connectivity index is 1.63. The summed E-state index contributed by atoms with van der Waals surface area (Å²) in [5.74, 6) is 8.01. The molecule has 2 aliphatic heterocycles. The number of allylic oxidation sites excluding steroid dienone is 1. The van der Waals surface area contributed by atoms with Crippen LogP contribution < -0.4 is 5.32 Å². The number of halogens is 1. The van der Waals surface area contributed by atoms with Crippen molar-refractivity contribution in [1.29, 1.82) is 0 Å². The molecule has 2 heterocycles. The standard InChI is InChI=1S/C23H33IN4/c1-4-27(5-2)17-18-9-7-11-22-21(18)16-20(28(22)6-3)10-8-13-25-19-12-14-26-23(24)15-19/h7,9,14-16,18-19,21-22,25H,4-6,11-13,17H2,1-3H3. The van der Waals surface area contributed by atoms with Crippen LogP contribution in [-0.2, 0) is 0 Å². The Morgan fingerprint density at radius 3 is 2.79 bits per heavy atom. The maximum Gasteiger partial charge on any atom is 0.0981 e. The zero-order valence-electron chi connectivity index (χ0n) is 17.4. The highest BCUT2D eigenvalue weighted by atomic mass is 127. The first-order valence-corrected chi connectivity index (χ1v) is 11.7. The molecule has 5 heteroatoms. The van der Waals surface area contributed by atoms with Crippen LogP contribution in [-0.4, -0.2) is 60.8 Å². The molecule has 0 radical (unpaired) electrons. The molecule has 152 valence electrons. The van der Waals surface area contributed by atoms with Gasteiger partial charge in [0, 0.05) is 43.7 Å². The zero-order valence-corrected chi connectivity index (χ0v) is 19.5. The third-order valence-electron chi connectivity index (χ3n) is 6.05. The SMILES string of the molecule is CCN(CC)CC1C=CCC2C1C=C(C#CCNC1C=C(I)N=CC1)N2CC. The first-order valence-electron chi connectivity index (χ1n) is 10.7. The van der Waals surface area contributed by atoms with Crippen molar-refractivity contribution in [1.82, 2.24) is 15.1 Å². The summed E-state index contributed by atoms with van der Waals surface area (Å²) in [5.41, 5.74) is 1.22. The molecular weight excluding hydrogens is 459 g/mol. The Morgan fingerprint density at radius 1 is 1.25 bits per heavy atom. The van der Waals surface area contributed by atoms with Crippen LogP contribution in [0.4, 0.5) is 0 Å². The Kier molecular flexibility index (Phi) is 8.19. The van der Waals surface area contributed by atoms with Crippen molar-refractivity contribution < 1.29 is 0 Å². The van der Waals surface area contributed by atoms with Crippen molar-refractivity contribution >= 4 is 28.8 Å². The predicted octanol–water partition coefficient (Wildman–Crippen LogP) is 3.82. The van der Waals surface area contributed by atoms with E-state index in [-0.39, 0.29) is 0 Å². The lowest BCUT2D eigenvalue weighted by Gasteiger charge is -2.37. The second kappa shape index (κ2) is 10.6. The van der Waals surface area contributed by atoms with Gasteiger partial charge in [0.15, 0.2) is 0 Å². The number of hydrogen-bond donors (Lipinski definition) is 1. The molecule has 0 fully saturated rings. The minimum atomic E-state index is 0.351. The number of nitrogens with one attached hydrogen (secondary N) is 1. The zero-order chi connectivity index (χ0) is 19.9. The van der Waals surface area contributed by atoms with Crippen LogP contribution in [0.25, 0.3) is 0 Å². The summed E-state index contributed by atoms with van der Waals surface area (Å²) in [7, 11) is 0. The topological polar surface area (TPSA) is 30.9 Å². The van der Waals surface area contributed by atoms with Gasteiger partial charge in [-0.2, -0.15) is 0 Å². The van der Waals surface area contributed by atoms with Crippen LogP contribution in [0, 0.1) is 23.7 Å². The van der Waals surface area contributed by atoms with Crippen LogP contribution in [0.5, 0.6) is 0 Å². The fourth-order valence-electron chi connectivity index (χ4n) is 4.46. The summed E-state index contributed by atoms with van der Waals surface area (Å²) in [6, 6.07) is 0.927. The van der Waals surface area contributed by atoms with Crippen LogP contribution in [0.2, 0.25) is 0 Å². The normalized spacial score (nSPS) is 28.7. The summed E-state index contributed by atoms with van der Waals surface area (Å²) < 4.78 is 1.06. The van der Waals surface area contributed by atoms with Crippen molar-refractivity contribution in [2.75, 3.05) is 32.7 Å². The maximum atomic E-state index is 4.30. The van der Waals surface area contributed by atoms with Gasteiger partial charge in [-0.05, 0) is 73.0 Å². The lowest BCUT2D eigenvalue weighted by Crippen LogP contribution is -2.41. The van der Waals surface area contributed by atoms with E-state index in [1.54, 1.807) is 0 Å². The lowest BCUT2D eigenvalue weighted by molar-refractivity contribution is 0.181. The van der Waals surface area contributed by atoms with Gasteiger partial charge in [0.05, 0.1) is 15.9 Å². The molecule has 3 aliphatic rings. The Bertz CT molecular complexity index is 708. The van der Waals surface area contributed by atoms with E-state index in [2.05, 4.69) is 99.6 Å². The summed E-state index contributed by atoms with van der Waals surface area (Å²) in [4.78, 5) is 9.35. The second-order valence-corrected chi connectivity index (χ2v) is 8.73. The van der Waals surface area contributed by atoms with Crippen LogP contribution in [0.1, 0.15) is 33.6 Å². The molecule has 0 amide bonds. The molecule has 0 spiro atoms. The quantitative estimate of drug-likeness (QED) is 0.254. The fraction of sp³-hybridized carbons (Fsp3) is 0.609. The molecule has 1 aliphatic carbocycles. The molecule has 0 aromatic rings. The predicted molar refractivity (Wildman–Crippen MR) is 128 cm³/mol. The van der Waals surface area contributed by atoms with E-state index in [1.807, 2.05) is 6.21 Å². The van der Waals surface area contributed by atoms with Gasteiger partial charge in [0.1, 0.15) is 0 Å². The van der Waals surface area contributed by atoms with Crippen LogP contribution >= 0.6 is 22.6 Å². The van der Waals surface area contributed by atoms with Gasteiger partial charge in [0.2, 0.25) is 0 Å². The Hall–Kier alpha value is -1.10. The second-order valence-electron chi connectivity index (χ2n) is 7.62. The minimum absolute atomic E-state index is 0.351. The molecule has 3 rings (SSSR count). The van der Waals surface area contributed by atoms with E-state index in [1.165, 1.54) is 5.70 Å². The minimum Gasteiger partial charge on any atom is -0.361 e. The summed E-state index contributed by atoms with van der Waals surface area (Å²) in [6.07, 6.45) is 13.5. The van der Waals surface area contributed by atoms with E-state index in [9.17, 15) is 0 Å². The van der Waals surface area contributed by atoms with E-state index < -0.39 is 0 Å². The average molecular weight is 492 g/mol. The smallest absolute Gasteiger partial charge is 0.0981 e. The lowest BCUT2D eigenvalue weighted by atomic mass is 9.81. The largest absolute Gasteiger partial charge is 0.361 e. The van der Waals surface area contributed by atoms with Crippen LogP contribution in [0.3, 0.4) is 0 Å². The number of nitrogens with zero attached hydrogens (tertiary/aromatic N) is 3. The van der Waals surface area contributed by atoms with Crippen molar-refractivity contribution in [3.8, 4) is 11.8 Å². The number of rotatable bonds is 7. The van der Waals surface area contributed by atoms with Gasteiger partial charge in [-0.15, -0.1) is 0 Å². The van der Waals surface area contributed by atoms with Crippen molar-refractivity contribution in [3.63, 3.8) is 0 Å². The van der Waals surface area contributed by atoms with Gasteiger partial charge in [-0.25, -0.2) is 0 Å². The van der Waals surface area contributed by atoms with Crippen molar-refractivity contribution in [2.45, 2.75) is 45.7 Å². The highest BCUT2D eigenvalue weighted by Crippen LogP contribution is 2.38. The molecule has 0 saturated carbocycles. The monoisotopic (exact) mass is 492 g/mol. The first kappa shape index (κ1) is 21.6. The molecule has 1 N–H and O–H groups in total. The van der Waals surface area contributed by atoms with Gasteiger partial charge in [-0.3, -0.25) is 10.3 Å². The van der Waals surface area contributed by atoms with Gasteiger partial charge in [-0.1, -0.05) is 31.9 Å². The van der Waals surface area contributed by atoms with Crippen molar-refractivity contribution in [2.24, 2.45) is 16.8 Å². The third kappa shape index (κ3) is 5.28. The molecule has 0 bridgehead atoms. The Labute approximate surface area is 184 Å². The highest BCUT2D eigenvalue weighted by molar-refractivity contribution is 14.1. The molecule has 28 heavy (non-hydrogen) atoms. The molecular formula is C23H33IN4. The number of hydrogen-bond acceptors (Lipinski definition) is 4. The summed E-state index contributed by atoms with van der Waals surface area (Å²) in [6.45, 7) is 11.9. The fourth-order valence-corrected chi connectivity index (χ4v) is 5.09. The molecule has 0 aromatic heterocycles. The average Bonchev–Trinajstić information content (AvgIpc) is 3.07. The Morgan fingerprint density at radius 2 is 2.07 bits per heavy atom. The van der Waals surface area contributed by atoms with Crippen molar-refractivity contribution in [3.05, 3.63) is 33.7 Å². The van der Waals surface area contributed by atoms with E-state index >= 15 is 0 Å².